The van der Waals surface area contributed by atoms with Crippen molar-refractivity contribution in [3.05, 3.63) is 0 Å². The maximum absolute atomic E-state index is 11.2. The summed E-state index contributed by atoms with van der Waals surface area (Å²) < 4.78 is 9.42. The SMILES string of the molecule is CCCOC(=O)C(CCC)OC#N. The van der Waals surface area contributed by atoms with E-state index in [4.69, 9.17) is 10.00 Å². The maximum Gasteiger partial charge on any atom is 0.348 e. The molecule has 0 spiro atoms. The molecule has 1 unspecified atom stereocenters. The van der Waals surface area contributed by atoms with Gasteiger partial charge in [-0.2, -0.15) is 5.26 Å². The Morgan fingerprint density at radius 1 is 1.46 bits per heavy atom. The summed E-state index contributed by atoms with van der Waals surface area (Å²) in [6, 6.07) is 0. The lowest BCUT2D eigenvalue weighted by molar-refractivity contribution is -0.153. The molecule has 1 atom stereocenters. The fourth-order valence-corrected chi connectivity index (χ4v) is 0.846. The first-order valence-electron chi connectivity index (χ1n) is 4.47. The summed E-state index contributed by atoms with van der Waals surface area (Å²) in [5, 5.41) is 8.26. The lowest BCUT2D eigenvalue weighted by Gasteiger charge is -2.11. The van der Waals surface area contributed by atoms with Crippen LogP contribution in [-0.2, 0) is 14.3 Å². The summed E-state index contributed by atoms with van der Waals surface area (Å²) in [4.78, 5) is 11.2. The van der Waals surface area contributed by atoms with Crippen molar-refractivity contribution in [3.8, 4) is 6.26 Å². The highest BCUT2D eigenvalue weighted by Crippen LogP contribution is 2.04. The smallest absolute Gasteiger partial charge is 0.348 e. The van der Waals surface area contributed by atoms with Crippen molar-refractivity contribution in [1.82, 2.24) is 0 Å². The molecule has 0 aromatic heterocycles. The third kappa shape index (κ3) is 5.07. The number of nitrogens with zero attached hydrogens (tertiary/aromatic N) is 1. The van der Waals surface area contributed by atoms with E-state index < -0.39 is 12.1 Å². The van der Waals surface area contributed by atoms with Gasteiger partial charge in [-0.15, -0.1) is 0 Å². The van der Waals surface area contributed by atoms with E-state index in [0.29, 0.717) is 13.0 Å². The predicted molar refractivity (Wildman–Crippen MR) is 46.6 cm³/mol. The van der Waals surface area contributed by atoms with Crippen LogP contribution >= 0.6 is 0 Å². The molecule has 0 heterocycles. The molecule has 0 N–H and O–H groups in total. The molecule has 0 bridgehead atoms. The summed E-state index contributed by atoms with van der Waals surface area (Å²) in [7, 11) is 0. The van der Waals surface area contributed by atoms with Crippen LogP contribution in [0.25, 0.3) is 0 Å². The Hall–Kier alpha value is -1.24. The van der Waals surface area contributed by atoms with Gasteiger partial charge in [-0.05, 0) is 12.8 Å². The molecule has 0 aliphatic heterocycles. The van der Waals surface area contributed by atoms with Gasteiger partial charge in [0.05, 0.1) is 6.61 Å². The number of carbonyl (C=O) groups excluding carboxylic acids is 1. The van der Waals surface area contributed by atoms with E-state index >= 15 is 0 Å². The number of rotatable bonds is 6. The zero-order valence-corrected chi connectivity index (χ0v) is 8.08. The topological polar surface area (TPSA) is 59.3 Å². The minimum absolute atomic E-state index is 0.383. The lowest BCUT2D eigenvalue weighted by Crippen LogP contribution is -2.25. The highest BCUT2D eigenvalue weighted by Gasteiger charge is 2.20. The van der Waals surface area contributed by atoms with Crippen LogP contribution < -0.4 is 0 Å². The average Bonchev–Trinajstić information content (AvgIpc) is 2.14. The minimum atomic E-state index is -0.721. The molecular weight excluding hydrogens is 170 g/mol. The fraction of sp³-hybridized carbons (Fsp3) is 0.778. The molecule has 4 heteroatoms. The molecule has 13 heavy (non-hydrogen) atoms. The number of hydrogen-bond donors (Lipinski definition) is 0. The van der Waals surface area contributed by atoms with E-state index in [-0.39, 0.29) is 0 Å². The molecule has 0 saturated carbocycles. The van der Waals surface area contributed by atoms with Crippen molar-refractivity contribution in [1.29, 1.82) is 5.26 Å². The highest BCUT2D eigenvalue weighted by atomic mass is 16.6. The van der Waals surface area contributed by atoms with E-state index in [9.17, 15) is 4.79 Å². The molecule has 0 aliphatic rings. The van der Waals surface area contributed by atoms with Gasteiger partial charge in [-0.3, -0.25) is 0 Å². The van der Waals surface area contributed by atoms with Crippen molar-refractivity contribution in [2.24, 2.45) is 0 Å². The van der Waals surface area contributed by atoms with Crippen molar-refractivity contribution in [3.63, 3.8) is 0 Å². The van der Waals surface area contributed by atoms with Gasteiger partial charge in [-0.1, -0.05) is 20.3 Å². The van der Waals surface area contributed by atoms with Gasteiger partial charge in [0.25, 0.3) is 6.26 Å². The maximum atomic E-state index is 11.2. The van der Waals surface area contributed by atoms with Crippen LogP contribution in [0.3, 0.4) is 0 Å². The molecule has 0 fully saturated rings. The van der Waals surface area contributed by atoms with E-state index in [0.717, 1.165) is 12.8 Å². The van der Waals surface area contributed by atoms with Gasteiger partial charge < -0.3 is 9.47 Å². The highest BCUT2D eigenvalue weighted by molar-refractivity contribution is 5.74. The van der Waals surface area contributed by atoms with Crippen LogP contribution in [0.4, 0.5) is 0 Å². The van der Waals surface area contributed by atoms with Gasteiger partial charge in [-0.25, -0.2) is 4.79 Å². The average molecular weight is 185 g/mol. The largest absolute Gasteiger partial charge is 0.463 e. The Bertz CT molecular complexity index is 186. The fourth-order valence-electron chi connectivity index (χ4n) is 0.846. The summed E-state index contributed by atoms with van der Waals surface area (Å²) in [5.41, 5.74) is 0. The second-order valence-corrected chi connectivity index (χ2v) is 2.65. The zero-order chi connectivity index (χ0) is 10.1. The number of esters is 1. The molecule has 0 aliphatic carbocycles. The Labute approximate surface area is 78.4 Å². The quantitative estimate of drug-likeness (QED) is 0.466. The van der Waals surface area contributed by atoms with Gasteiger partial charge >= 0.3 is 5.97 Å². The van der Waals surface area contributed by atoms with Crippen molar-refractivity contribution < 1.29 is 14.3 Å². The van der Waals surface area contributed by atoms with Crippen LogP contribution in [0, 0.1) is 11.5 Å². The number of ether oxygens (including phenoxy) is 2. The number of nitriles is 1. The summed E-state index contributed by atoms with van der Waals surface area (Å²) in [5.74, 6) is -0.440. The zero-order valence-electron chi connectivity index (χ0n) is 8.08. The van der Waals surface area contributed by atoms with Crippen molar-refractivity contribution in [2.45, 2.75) is 39.2 Å². The number of hydrogen-bond acceptors (Lipinski definition) is 4. The Morgan fingerprint density at radius 2 is 2.15 bits per heavy atom. The van der Waals surface area contributed by atoms with Gasteiger partial charge in [0.15, 0.2) is 0 Å². The molecule has 4 nitrogen and oxygen atoms in total. The minimum Gasteiger partial charge on any atom is -0.463 e. The Kier molecular flexibility index (Phi) is 6.70. The Morgan fingerprint density at radius 3 is 2.62 bits per heavy atom. The molecule has 0 radical (unpaired) electrons. The van der Waals surface area contributed by atoms with Crippen molar-refractivity contribution in [2.75, 3.05) is 6.61 Å². The van der Waals surface area contributed by atoms with Gasteiger partial charge in [0.2, 0.25) is 6.10 Å². The van der Waals surface area contributed by atoms with Crippen LogP contribution in [0.1, 0.15) is 33.1 Å². The normalized spacial score (nSPS) is 11.5. The van der Waals surface area contributed by atoms with Gasteiger partial charge in [0.1, 0.15) is 0 Å². The van der Waals surface area contributed by atoms with E-state index in [1.165, 1.54) is 6.26 Å². The lowest BCUT2D eigenvalue weighted by atomic mass is 10.2. The first-order chi connectivity index (χ1) is 6.26. The Balaban J connectivity index is 3.89. The van der Waals surface area contributed by atoms with E-state index in [1.54, 1.807) is 0 Å². The molecule has 0 rings (SSSR count). The summed E-state index contributed by atoms with van der Waals surface area (Å²) in [6.45, 7) is 4.21. The van der Waals surface area contributed by atoms with E-state index in [2.05, 4.69) is 4.74 Å². The molecule has 0 amide bonds. The molecule has 0 aromatic carbocycles. The second-order valence-electron chi connectivity index (χ2n) is 2.65. The monoisotopic (exact) mass is 185 g/mol. The molecule has 74 valence electrons. The second kappa shape index (κ2) is 7.41. The summed E-state index contributed by atoms with van der Waals surface area (Å²) in [6.07, 6.45) is 2.87. The van der Waals surface area contributed by atoms with Gasteiger partial charge in [0, 0.05) is 0 Å². The summed E-state index contributed by atoms with van der Waals surface area (Å²) >= 11 is 0. The third-order valence-electron chi connectivity index (χ3n) is 1.46. The molecule has 0 aromatic rings. The standard InChI is InChI=1S/C9H15NO3/c1-3-5-8(13-7-10)9(11)12-6-4-2/h8H,3-6H2,1-2H3. The van der Waals surface area contributed by atoms with Crippen LogP contribution in [0.15, 0.2) is 0 Å². The van der Waals surface area contributed by atoms with Crippen LogP contribution in [0.5, 0.6) is 0 Å². The molecule has 0 saturated heterocycles. The first kappa shape index (κ1) is 11.8. The van der Waals surface area contributed by atoms with Crippen LogP contribution in [-0.4, -0.2) is 18.7 Å². The first-order valence-corrected chi connectivity index (χ1v) is 4.47. The predicted octanol–water partition coefficient (Wildman–Crippen LogP) is 1.61. The third-order valence-corrected chi connectivity index (χ3v) is 1.46. The number of carbonyl (C=O) groups is 1. The molecular formula is C9H15NO3. The van der Waals surface area contributed by atoms with Crippen LogP contribution in [0.2, 0.25) is 0 Å². The van der Waals surface area contributed by atoms with E-state index in [1.807, 2.05) is 13.8 Å². The van der Waals surface area contributed by atoms with Crippen molar-refractivity contribution >= 4 is 5.97 Å².